The summed E-state index contributed by atoms with van der Waals surface area (Å²) in [5.41, 5.74) is 1.43. The van der Waals surface area contributed by atoms with Crippen molar-refractivity contribution in [3.63, 3.8) is 0 Å². The summed E-state index contributed by atoms with van der Waals surface area (Å²) >= 11 is 0. The van der Waals surface area contributed by atoms with Crippen LogP contribution in [0.15, 0.2) is 60.6 Å². The minimum Gasteiger partial charge on any atom is -0.495 e. The van der Waals surface area contributed by atoms with Gasteiger partial charge in [-0.3, -0.25) is 9.78 Å². The number of pyridine rings is 1. The molecule has 0 radical (unpaired) electrons. The fourth-order valence-electron chi connectivity index (χ4n) is 1.86. The van der Waals surface area contributed by atoms with Crippen LogP contribution in [0.25, 0.3) is 0 Å². The van der Waals surface area contributed by atoms with E-state index in [2.05, 4.69) is 15.6 Å². The molecular weight excluding hydrogens is 292 g/mol. The lowest BCUT2D eigenvalue weighted by molar-refractivity contribution is -0.112. The molecule has 0 spiro atoms. The highest BCUT2D eigenvalue weighted by atomic mass is 16.5. The van der Waals surface area contributed by atoms with E-state index < -0.39 is 5.91 Å². The van der Waals surface area contributed by atoms with Gasteiger partial charge >= 0.3 is 0 Å². The molecule has 1 aromatic carbocycles. The number of nitrogens with zero attached hydrogens (tertiary/aromatic N) is 2. The molecule has 0 saturated heterocycles. The molecule has 2 N–H and O–H groups in total. The first-order valence-corrected chi connectivity index (χ1v) is 6.91. The molecule has 2 rings (SSSR count). The standard InChI is InChI=1S/C17H16N4O2/c1-23-16-7-3-2-6-15(16)21-17(22)14(9-18)12-20-11-13-5-4-8-19-10-13/h2-8,10,12,20H,11H2,1H3,(H,21,22)/b14-12-. The highest BCUT2D eigenvalue weighted by Crippen LogP contribution is 2.23. The van der Waals surface area contributed by atoms with Gasteiger partial charge in [-0.15, -0.1) is 0 Å². The van der Waals surface area contributed by atoms with Gasteiger partial charge in [-0.25, -0.2) is 0 Å². The Bertz CT molecular complexity index is 736. The average molecular weight is 308 g/mol. The van der Waals surface area contributed by atoms with Gasteiger partial charge in [-0.1, -0.05) is 18.2 Å². The van der Waals surface area contributed by atoms with Crippen molar-refractivity contribution in [1.82, 2.24) is 10.3 Å². The number of carbonyl (C=O) groups is 1. The number of methoxy groups -OCH3 is 1. The molecule has 0 bridgehead atoms. The van der Waals surface area contributed by atoms with E-state index in [1.165, 1.54) is 13.3 Å². The van der Waals surface area contributed by atoms with Crippen molar-refractivity contribution in [2.24, 2.45) is 0 Å². The van der Waals surface area contributed by atoms with Gasteiger partial charge in [0.05, 0.1) is 12.8 Å². The Hall–Kier alpha value is -3.33. The number of hydrogen-bond acceptors (Lipinski definition) is 5. The molecule has 23 heavy (non-hydrogen) atoms. The van der Waals surface area contributed by atoms with Gasteiger partial charge in [-0.2, -0.15) is 5.26 Å². The average Bonchev–Trinajstić information content (AvgIpc) is 2.60. The Kier molecular flexibility index (Phi) is 5.72. The summed E-state index contributed by atoms with van der Waals surface area (Å²) in [5, 5.41) is 14.7. The van der Waals surface area contributed by atoms with Crippen molar-refractivity contribution in [1.29, 1.82) is 5.26 Å². The van der Waals surface area contributed by atoms with Crippen LogP contribution in [0, 0.1) is 11.3 Å². The fraction of sp³-hybridized carbons (Fsp3) is 0.118. The molecule has 0 atom stereocenters. The van der Waals surface area contributed by atoms with Crippen molar-refractivity contribution in [3.8, 4) is 11.8 Å². The number of ether oxygens (including phenoxy) is 1. The third kappa shape index (κ3) is 4.58. The van der Waals surface area contributed by atoms with Gasteiger partial charge in [0.1, 0.15) is 17.4 Å². The molecule has 6 nitrogen and oxygen atoms in total. The molecule has 6 heteroatoms. The smallest absolute Gasteiger partial charge is 0.267 e. The maximum Gasteiger partial charge on any atom is 0.267 e. The highest BCUT2D eigenvalue weighted by Gasteiger charge is 2.11. The summed E-state index contributed by atoms with van der Waals surface area (Å²) in [6.07, 6.45) is 4.78. The van der Waals surface area contributed by atoms with Gasteiger partial charge < -0.3 is 15.4 Å². The SMILES string of the molecule is COc1ccccc1NC(=O)/C(C#N)=C\NCc1cccnc1. The molecule has 0 saturated carbocycles. The molecule has 116 valence electrons. The summed E-state index contributed by atoms with van der Waals surface area (Å²) in [7, 11) is 1.52. The van der Waals surface area contributed by atoms with E-state index in [0.717, 1.165) is 5.56 Å². The predicted octanol–water partition coefficient (Wildman–Crippen LogP) is 2.23. The van der Waals surface area contributed by atoms with Gasteiger partial charge in [0.15, 0.2) is 0 Å². The number of amides is 1. The summed E-state index contributed by atoms with van der Waals surface area (Å²) in [5.74, 6) is 0.0251. The zero-order valence-corrected chi connectivity index (χ0v) is 12.6. The number of hydrogen-bond donors (Lipinski definition) is 2. The lowest BCUT2D eigenvalue weighted by atomic mass is 10.2. The number of carbonyl (C=O) groups excluding carboxylic acids is 1. The second kappa shape index (κ2) is 8.20. The van der Waals surface area contributed by atoms with Gasteiger partial charge in [0, 0.05) is 25.1 Å². The minimum atomic E-state index is -0.504. The van der Waals surface area contributed by atoms with Crippen molar-refractivity contribution in [2.45, 2.75) is 6.54 Å². The summed E-state index contributed by atoms with van der Waals surface area (Å²) in [6, 6.07) is 12.6. The van der Waals surface area contributed by atoms with Crippen LogP contribution in [0.2, 0.25) is 0 Å². The zero-order valence-electron chi connectivity index (χ0n) is 12.6. The van der Waals surface area contributed by atoms with Crippen molar-refractivity contribution in [3.05, 3.63) is 66.1 Å². The fourth-order valence-corrected chi connectivity index (χ4v) is 1.86. The second-order valence-corrected chi connectivity index (χ2v) is 4.57. The summed E-state index contributed by atoms with van der Waals surface area (Å²) < 4.78 is 5.16. The lowest BCUT2D eigenvalue weighted by Gasteiger charge is -2.09. The second-order valence-electron chi connectivity index (χ2n) is 4.57. The highest BCUT2D eigenvalue weighted by molar-refractivity contribution is 6.07. The van der Waals surface area contributed by atoms with E-state index in [9.17, 15) is 4.79 Å². The number of rotatable bonds is 6. The molecular formula is C17H16N4O2. The molecule has 1 heterocycles. The van der Waals surface area contributed by atoms with Crippen LogP contribution in [-0.4, -0.2) is 18.0 Å². The maximum absolute atomic E-state index is 12.1. The monoisotopic (exact) mass is 308 g/mol. The largest absolute Gasteiger partial charge is 0.495 e. The minimum absolute atomic E-state index is 0.0280. The van der Waals surface area contributed by atoms with Crippen LogP contribution in [0.4, 0.5) is 5.69 Å². The molecule has 0 unspecified atom stereocenters. The maximum atomic E-state index is 12.1. The van der Waals surface area contributed by atoms with E-state index in [1.807, 2.05) is 18.2 Å². The Morgan fingerprint density at radius 1 is 1.35 bits per heavy atom. The van der Waals surface area contributed by atoms with Crippen molar-refractivity contribution >= 4 is 11.6 Å². The van der Waals surface area contributed by atoms with Gasteiger partial charge in [0.25, 0.3) is 5.91 Å². The molecule has 1 aromatic heterocycles. The Balaban J connectivity index is 2.01. The first kappa shape index (κ1) is 16.0. The Morgan fingerprint density at radius 3 is 2.87 bits per heavy atom. The predicted molar refractivity (Wildman–Crippen MR) is 86.4 cm³/mol. The first-order valence-electron chi connectivity index (χ1n) is 6.91. The number of anilines is 1. The molecule has 0 fully saturated rings. The third-order valence-electron chi connectivity index (χ3n) is 3.00. The van der Waals surface area contributed by atoms with Crippen LogP contribution in [0.5, 0.6) is 5.75 Å². The van der Waals surface area contributed by atoms with E-state index in [-0.39, 0.29) is 5.57 Å². The quantitative estimate of drug-likeness (QED) is 0.631. The zero-order chi connectivity index (χ0) is 16.5. The van der Waals surface area contributed by atoms with Crippen LogP contribution < -0.4 is 15.4 Å². The number of para-hydroxylation sites is 2. The van der Waals surface area contributed by atoms with E-state index in [0.29, 0.717) is 18.0 Å². The van der Waals surface area contributed by atoms with Crippen molar-refractivity contribution in [2.75, 3.05) is 12.4 Å². The number of aromatic nitrogens is 1. The van der Waals surface area contributed by atoms with E-state index >= 15 is 0 Å². The van der Waals surface area contributed by atoms with Crippen LogP contribution in [-0.2, 0) is 11.3 Å². The molecule has 0 aliphatic rings. The number of nitrogens with one attached hydrogen (secondary N) is 2. The molecule has 0 aliphatic heterocycles. The number of nitriles is 1. The topological polar surface area (TPSA) is 87.0 Å². The van der Waals surface area contributed by atoms with Gasteiger partial charge in [-0.05, 0) is 23.8 Å². The Morgan fingerprint density at radius 2 is 2.17 bits per heavy atom. The summed E-state index contributed by atoms with van der Waals surface area (Å²) in [6.45, 7) is 0.473. The Labute approximate surface area is 134 Å². The lowest BCUT2D eigenvalue weighted by Crippen LogP contribution is -2.17. The van der Waals surface area contributed by atoms with E-state index in [4.69, 9.17) is 10.00 Å². The van der Waals surface area contributed by atoms with Crippen molar-refractivity contribution < 1.29 is 9.53 Å². The third-order valence-corrected chi connectivity index (χ3v) is 3.00. The van der Waals surface area contributed by atoms with Crippen LogP contribution in [0.1, 0.15) is 5.56 Å². The molecule has 0 aliphatic carbocycles. The number of benzene rings is 1. The van der Waals surface area contributed by atoms with Crippen LogP contribution in [0.3, 0.4) is 0 Å². The summed E-state index contributed by atoms with van der Waals surface area (Å²) in [4.78, 5) is 16.1. The molecule has 1 amide bonds. The molecule has 2 aromatic rings. The first-order chi connectivity index (χ1) is 11.2. The normalized spacial score (nSPS) is 10.5. The van der Waals surface area contributed by atoms with Crippen LogP contribution >= 0.6 is 0 Å². The van der Waals surface area contributed by atoms with E-state index in [1.54, 1.807) is 36.7 Å². The van der Waals surface area contributed by atoms with Gasteiger partial charge in [0.2, 0.25) is 0 Å².